The number of piperazine rings is 1. The van der Waals surface area contributed by atoms with E-state index in [1.807, 2.05) is 51.8 Å². The maximum atomic E-state index is 14.6. The number of aliphatic hydroxyl groups excluding tert-OH is 1. The molecule has 17 heteroatoms. The molecule has 0 bridgehead atoms. The number of hydrogen-bond donors (Lipinski definition) is 5. The number of nitrogens with zero attached hydrogens (tertiary/aromatic N) is 5. The number of hydrogen-bond acceptors (Lipinski definition) is 10. The number of nitrogens with one attached hydrogen (secondary N) is 3. The summed E-state index contributed by atoms with van der Waals surface area (Å²) < 4.78 is 43.3. The van der Waals surface area contributed by atoms with E-state index < -0.39 is 40.8 Å². The van der Waals surface area contributed by atoms with Crippen LogP contribution in [-0.2, 0) is 4.79 Å². The number of benzene rings is 3. The molecule has 62 heavy (non-hydrogen) atoms. The fourth-order valence-corrected chi connectivity index (χ4v) is 9.32. The van der Waals surface area contributed by atoms with Gasteiger partial charge in [0.2, 0.25) is 5.91 Å². The maximum Gasteiger partial charge on any atom is 0.256 e. The topological polar surface area (TPSA) is 146 Å². The van der Waals surface area contributed by atoms with E-state index in [-0.39, 0.29) is 48.1 Å². The van der Waals surface area contributed by atoms with Gasteiger partial charge in [0.25, 0.3) is 5.91 Å². The minimum Gasteiger partial charge on any atom is -0.387 e. The van der Waals surface area contributed by atoms with Crippen LogP contribution in [0.1, 0.15) is 91.6 Å². The van der Waals surface area contributed by atoms with Gasteiger partial charge in [0.05, 0.1) is 47.7 Å². The number of aromatic nitrogens is 2. The Bertz CT molecular complexity index is 2240. The van der Waals surface area contributed by atoms with Gasteiger partial charge in [-0.3, -0.25) is 9.59 Å². The highest BCUT2D eigenvalue weighted by molar-refractivity contribution is 14.1. The largest absolute Gasteiger partial charge is 0.387 e. The van der Waals surface area contributed by atoms with Crippen molar-refractivity contribution in [1.29, 1.82) is 0 Å². The molecule has 4 heterocycles. The Morgan fingerprint density at radius 1 is 0.984 bits per heavy atom. The van der Waals surface area contributed by atoms with Crippen molar-refractivity contribution in [3.05, 3.63) is 109 Å². The fourth-order valence-electron chi connectivity index (χ4n) is 8.75. The zero-order valence-corrected chi connectivity index (χ0v) is 37.9. The van der Waals surface area contributed by atoms with Crippen molar-refractivity contribution in [3.63, 3.8) is 0 Å². The minimum absolute atomic E-state index is 0.0690. The molecule has 3 fully saturated rings. The Hall–Kier alpha value is -4.07. The number of β-amino-alcohol motifs (C(OH)–C–C–N with tert-alkyl or cyclic N) is 1. The summed E-state index contributed by atoms with van der Waals surface area (Å²) in [6, 6.07) is 14.1. The Morgan fingerprint density at radius 3 is 2.37 bits per heavy atom. The van der Waals surface area contributed by atoms with E-state index in [1.165, 1.54) is 23.1 Å². The average Bonchev–Trinajstić information content (AvgIpc) is 3.55. The van der Waals surface area contributed by atoms with Crippen LogP contribution in [0.25, 0.3) is 0 Å². The highest BCUT2D eigenvalue weighted by Crippen LogP contribution is 2.43. The lowest BCUT2D eigenvalue weighted by molar-refractivity contribution is -0.133. The molecule has 3 saturated heterocycles. The molecule has 0 unspecified atom stereocenters. The van der Waals surface area contributed by atoms with Gasteiger partial charge in [0.15, 0.2) is 11.6 Å². The predicted octanol–water partition coefficient (Wildman–Crippen LogP) is 6.88. The van der Waals surface area contributed by atoms with Gasteiger partial charge in [0.1, 0.15) is 23.6 Å². The number of anilines is 3. The van der Waals surface area contributed by atoms with E-state index in [4.69, 9.17) is 11.6 Å². The Kier molecular flexibility index (Phi) is 14.6. The number of piperidine rings is 1. The van der Waals surface area contributed by atoms with Crippen LogP contribution in [0.15, 0.2) is 60.9 Å². The number of rotatable bonds is 10. The Balaban J connectivity index is 0.000000187. The van der Waals surface area contributed by atoms with Gasteiger partial charge in [-0.15, -0.1) is 0 Å². The molecule has 4 atom stereocenters. The molecule has 4 aromatic rings. The lowest BCUT2D eigenvalue weighted by Gasteiger charge is -2.51. The van der Waals surface area contributed by atoms with E-state index in [1.54, 1.807) is 12.4 Å². The molecule has 0 radical (unpaired) electrons. The summed E-state index contributed by atoms with van der Waals surface area (Å²) in [7, 11) is 0. The van der Waals surface area contributed by atoms with Gasteiger partial charge in [-0.2, -0.15) is 0 Å². The molecule has 332 valence electrons. The number of carbonyl (C=O) groups excluding carboxylic acids is 2. The van der Waals surface area contributed by atoms with Crippen LogP contribution in [0.5, 0.6) is 0 Å². The Morgan fingerprint density at radius 2 is 1.71 bits per heavy atom. The highest BCUT2D eigenvalue weighted by atomic mass is 127. The first-order chi connectivity index (χ1) is 29.6. The van der Waals surface area contributed by atoms with Crippen LogP contribution >= 0.6 is 34.2 Å². The fraction of sp³-hybridized carbons (Fsp3) is 0.467. The number of amides is 2. The average molecular weight is 989 g/mol. The molecular weight excluding hydrogens is 936 g/mol. The zero-order chi connectivity index (χ0) is 44.3. The van der Waals surface area contributed by atoms with Crippen molar-refractivity contribution in [2.75, 3.05) is 62.6 Å². The molecule has 0 saturated carbocycles. The quantitative estimate of drug-likeness (QED) is 0.107. The normalized spacial score (nSPS) is 21.1. The van der Waals surface area contributed by atoms with Crippen molar-refractivity contribution in [1.82, 2.24) is 30.4 Å². The summed E-state index contributed by atoms with van der Waals surface area (Å²) in [6.07, 6.45) is 4.59. The van der Waals surface area contributed by atoms with Crippen LogP contribution in [0.2, 0.25) is 5.02 Å². The van der Waals surface area contributed by atoms with Crippen LogP contribution < -0.4 is 20.9 Å². The van der Waals surface area contributed by atoms with Crippen LogP contribution in [0, 0.1) is 21.0 Å². The molecule has 0 spiro atoms. The molecule has 1 aromatic heterocycles. The number of fused-ring (bicyclic) bond motifs is 1. The van der Waals surface area contributed by atoms with E-state index in [9.17, 15) is 33.0 Å². The molecule has 3 aliphatic heterocycles. The Labute approximate surface area is 378 Å². The van der Waals surface area contributed by atoms with Crippen LogP contribution in [-0.4, -0.2) is 112 Å². The molecule has 5 N–H and O–H groups in total. The molecule has 1 aliphatic carbocycles. The lowest BCUT2D eigenvalue weighted by Crippen LogP contribution is -2.72. The first-order valence-corrected chi connectivity index (χ1v) is 22.6. The van der Waals surface area contributed by atoms with Crippen molar-refractivity contribution in [2.24, 2.45) is 0 Å². The second-order valence-electron chi connectivity index (χ2n) is 16.9. The summed E-state index contributed by atoms with van der Waals surface area (Å²) in [6.45, 7) is 10.6. The second kappa shape index (κ2) is 19.8. The van der Waals surface area contributed by atoms with E-state index in [0.717, 1.165) is 54.5 Å². The van der Waals surface area contributed by atoms with Crippen molar-refractivity contribution >= 4 is 63.2 Å². The lowest BCUT2D eigenvalue weighted by atomic mass is 9.81. The van der Waals surface area contributed by atoms with Gasteiger partial charge >= 0.3 is 0 Å². The van der Waals surface area contributed by atoms with E-state index >= 15 is 0 Å². The molecule has 8 rings (SSSR count). The third kappa shape index (κ3) is 10.2. The van der Waals surface area contributed by atoms with E-state index in [2.05, 4.69) is 51.6 Å². The van der Waals surface area contributed by atoms with Crippen molar-refractivity contribution in [2.45, 2.75) is 82.1 Å². The monoisotopic (exact) mass is 988 g/mol. The van der Waals surface area contributed by atoms with Gasteiger partial charge in [-0.25, -0.2) is 23.1 Å². The maximum absolute atomic E-state index is 14.6. The molecule has 12 nitrogen and oxygen atoms in total. The van der Waals surface area contributed by atoms with Gasteiger partial charge in [-0.05, 0) is 102 Å². The summed E-state index contributed by atoms with van der Waals surface area (Å²) >= 11 is 8.00. The molecule has 3 aromatic carbocycles. The van der Waals surface area contributed by atoms with Gasteiger partial charge < -0.3 is 40.9 Å². The van der Waals surface area contributed by atoms with Crippen molar-refractivity contribution in [3.8, 4) is 0 Å². The SMILES string of the molecule is CC(C)NC[C@@H](C(=O)N1CCN(c2ncnc3c2[C@H](C)C[C@H]3O)CC1)c1ccc(Cl)cc1.O=C(c1ccc(F)c(F)c1Nc1ccc(I)cc1F)N1CC(O)([C@@H]2CCCCN2)C1. The zero-order valence-electron chi connectivity index (χ0n) is 35.0. The number of likely N-dealkylation sites (tertiary alicyclic amines) is 1. The van der Waals surface area contributed by atoms with Gasteiger partial charge in [0, 0.05) is 59.0 Å². The number of aliphatic hydroxyl groups is 2. The standard InChI is InChI=1S/C24H32ClN5O2.C21H21F3IN3O2/c1-15(2)26-13-19(17-4-6-18(25)7-5-17)24(32)30-10-8-29(9-11-30)23-21-16(3)12-20(31)22(21)27-14-28-23;22-14-6-5-13(19(18(14)24)27-16-7-4-12(25)9-15(16)23)20(29)28-10-21(30,11-28)17-3-1-2-8-26-17/h4-7,14-16,19-20,26,31H,8-13H2,1-3H3;4-7,9,17,26-27,30H,1-3,8,10-11H2/t16-,19-,20-;17-/m10/s1. The third-order valence-electron chi connectivity index (χ3n) is 12.2. The summed E-state index contributed by atoms with van der Waals surface area (Å²) in [5.74, 6) is -2.59. The van der Waals surface area contributed by atoms with Gasteiger partial charge in [-0.1, -0.05) is 50.9 Å². The van der Waals surface area contributed by atoms with Crippen LogP contribution in [0.4, 0.5) is 30.4 Å². The smallest absolute Gasteiger partial charge is 0.256 e. The number of halogens is 5. The first kappa shape index (κ1) is 45.9. The van der Waals surface area contributed by atoms with Crippen molar-refractivity contribution < 1.29 is 33.0 Å². The minimum atomic E-state index is -1.26. The summed E-state index contributed by atoms with van der Waals surface area (Å²) in [4.78, 5) is 40.9. The summed E-state index contributed by atoms with van der Waals surface area (Å²) in [5, 5.41) is 31.0. The van der Waals surface area contributed by atoms with Crippen LogP contribution in [0.3, 0.4) is 0 Å². The summed E-state index contributed by atoms with van der Waals surface area (Å²) in [5.41, 5.74) is 1.14. The molecule has 2 amide bonds. The number of carbonyl (C=O) groups is 2. The molecule has 4 aliphatic rings. The van der Waals surface area contributed by atoms with E-state index in [0.29, 0.717) is 53.8 Å². The first-order valence-electron chi connectivity index (χ1n) is 21.1. The third-order valence-corrected chi connectivity index (χ3v) is 13.1. The molecular formula is C45H53ClF3IN8O4. The highest BCUT2D eigenvalue weighted by Gasteiger charge is 2.50. The predicted molar refractivity (Wildman–Crippen MR) is 241 cm³/mol. The second-order valence-corrected chi connectivity index (χ2v) is 18.6.